The Morgan fingerprint density at radius 2 is 1.85 bits per heavy atom. The quantitative estimate of drug-likeness (QED) is 0.919. The summed E-state index contributed by atoms with van der Waals surface area (Å²) in [4.78, 5) is 15.6. The molecule has 0 saturated carbocycles. The lowest BCUT2D eigenvalue weighted by molar-refractivity contribution is 0.105. The fourth-order valence-corrected chi connectivity index (χ4v) is 2.33. The molecule has 1 aromatic rings. The molecule has 5 heteroatoms. The highest BCUT2D eigenvalue weighted by Crippen LogP contribution is 2.20. The second-order valence-corrected chi connectivity index (χ2v) is 4.94. The largest absolute Gasteiger partial charge is 0.450 e. The SMILES string of the molecule is CCOC(=O)N1CCN(c2ccc(C(C)O)cc2)CC1. The molecule has 110 valence electrons. The number of piperazine rings is 1. The van der Waals surface area contributed by atoms with Gasteiger partial charge in [0.15, 0.2) is 0 Å². The third-order valence-corrected chi connectivity index (χ3v) is 3.55. The third-order valence-electron chi connectivity index (χ3n) is 3.55. The molecule has 1 amide bonds. The molecule has 1 aromatic carbocycles. The Balaban J connectivity index is 1.91. The average molecular weight is 278 g/mol. The van der Waals surface area contributed by atoms with Crippen molar-refractivity contribution in [2.45, 2.75) is 20.0 Å². The summed E-state index contributed by atoms with van der Waals surface area (Å²) in [7, 11) is 0. The van der Waals surface area contributed by atoms with Crippen molar-refractivity contribution < 1.29 is 14.6 Å². The molecule has 20 heavy (non-hydrogen) atoms. The van der Waals surface area contributed by atoms with Gasteiger partial charge in [-0.25, -0.2) is 4.79 Å². The van der Waals surface area contributed by atoms with Gasteiger partial charge in [0.1, 0.15) is 0 Å². The number of hydrogen-bond acceptors (Lipinski definition) is 4. The summed E-state index contributed by atoms with van der Waals surface area (Å²) in [5.74, 6) is 0. The molecule has 0 bridgehead atoms. The van der Waals surface area contributed by atoms with Crippen molar-refractivity contribution in [3.63, 3.8) is 0 Å². The maximum Gasteiger partial charge on any atom is 0.409 e. The first-order valence-corrected chi connectivity index (χ1v) is 7.06. The summed E-state index contributed by atoms with van der Waals surface area (Å²) in [6.45, 7) is 6.94. The molecule has 0 spiro atoms. The van der Waals surface area contributed by atoms with Crippen molar-refractivity contribution in [2.24, 2.45) is 0 Å². The molecule has 0 radical (unpaired) electrons. The molecule has 0 aliphatic carbocycles. The van der Waals surface area contributed by atoms with Gasteiger partial charge in [-0.1, -0.05) is 12.1 Å². The maximum absolute atomic E-state index is 11.6. The van der Waals surface area contributed by atoms with Gasteiger partial charge in [0.2, 0.25) is 0 Å². The van der Waals surface area contributed by atoms with Crippen LogP contribution < -0.4 is 4.90 Å². The highest BCUT2D eigenvalue weighted by Gasteiger charge is 2.21. The fourth-order valence-electron chi connectivity index (χ4n) is 2.33. The van der Waals surface area contributed by atoms with E-state index in [1.807, 2.05) is 31.2 Å². The number of nitrogens with zero attached hydrogens (tertiary/aromatic N) is 2. The number of carbonyl (C=O) groups is 1. The van der Waals surface area contributed by atoms with Gasteiger partial charge in [-0.15, -0.1) is 0 Å². The van der Waals surface area contributed by atoms with E-state index in [2.05, 4.69) is 4.90 Å². The number of aliphatic hydroxyl groups is 1. The first kappa shape index (κ1) is 14.7. The summed E-state index contributed by atoms with van der Waals surface area (Å²) < 4.78 is 5.01. The normalized spacial score (nSPS) is 16.9. The molecule has 1 unspecified atom stereocenters. The van der Waals surface area contributed by atoms with E-state index in [1.54, 1.807) is 11.8 Å². The van der Waals surface area contributed by atoms with Crippen LogP contribution >= 0.6 is 0 Å². The molecule has 5 nitrogen and oxygen atoms in total. The Morgan fingerprint density at radius 1 is 1.25 bits per heavy atom. The number of benzene rings is 1. The summed E-state index contributed by atoms with van der Waals surface area (Å²) in [6, 6.07) is 7.92. The number of ether oxygens (including phenoxy) is 1. The van der Waals surface area contributed by atoms with Gasteiger partial charge in [-0.3, -0.25) is 0 Å². The van der Waals surface area contributed by atoms with E-state index < -0.39 is 6.10 Å². The van der Waals surface area contributed by atoms with Crippen LogP contribution in [0.2, 0.25) is 0 Å². The predicted octanol–water partition coefficient (Wildman–Crippen LogP) is 2.02. The van der Waals surface area contributed by atoms with E-state index in [4.69, 9.17) is 4.74 Å². The van der Waals surface area contributed by atoms with Gasteiger partial charge in [0, 0.05) is 31.9 Å². The van der Waals surface area contributed by atoms with Crippen molar-refractivity contribution in [3.05, 3.63) is 29.8 Å². The van der Waals surface area contributed by atoms with Gasteiger partial charge >= 0.3 is 6.09 Å². The predicted molar refractivity (Wildman–Crippen MR) is 77.9 cm³/mol. The summed E-state index contributed by atoms with van der Waals surface area (Å²) in [5, 5.41) is 9.50. The maximum atomic E-state index is 11.6. The molecule has 1 fully saturated rings. The zero-order valence-corrected chi connectivity index (χ0v) is 12.1. The minimum atomic E-state index is -0.440. The Kier molecular flexibility index (Phi) is 4.84. The second-order valence-electron chi connectivity index (χ2n) is 4.94. The number of rotatable bonds is 3. The highest BCUT2D eigenvalue weighted by molar-refractivity contribution is 5.68. The molecular formula is C15H22N2O3. The van der Waals surface area contributed by atoms with E-state index in [0.717, 1.165) is 24.3 Å². The average Bonchev–Trinajstić information content (AvgIpc) is 2.48. The Morgan fingerprint density at radius 3 is 2.35 bits per heavy atom. The van der Waals surface area contributed by atoms with E-state index >= 15 is 0 Å². The molecule has 1 N–H and O–H groups in total. The van der Waals surface area contributed by atoms with Crippen LogP contribution in [-0.4, -0.2) is 48.9 Å². The van der Waals surface area contributed by atoms with Crippen LogP contribution in [0.15, 0.2) is 24.3 Å². The fraction of sp³-hybridized carbons (Fsp3) is 0.533. The zero-order valence-electron chi connectivity index (χ0n) is 12.1. The van der Waals surface area contributed by atoms with E-state index in [1.165, 1.54) is 0 Å². The first-order valence-electron chi connectivity index (χ1n) is 7.06. The number of aliphatic hydroxyl groups excluding tert-OH is 1. The molecule has 1 aliphatic rings. The van der Waals surface area contributed by atoms with E-state index in [9.17, 15) is 9.90 Å². The second kappa shape index (κ2) is 6.61. The van der Waals surface area contributed by atoms with Crippen LogP contribution in [0.3, 0.4) is 0 Å². The summed E-state index contributed by atoms with van der Waals surface area (Å²) >= 11 is 0. The number of hydrogen-bond donors (Lipinski definition) is 1. The molecular weight excluding hydrogens is 256 g/mol. The van der Waals surface area contributed by atoms with Crippen molar-refractivity contribution in [3.8, 4) is 0 Å². The number of amides is 1. The van der Waals surface area contributed by atoms with Crippen LogP contribution in [0.1, 0.15) is 25.5 Å². The van der Waals surface area contributed by atoms with Crippen molar-refractivity contribution >= 4 is 11.8 Å². The lowest BCUT2D eigenvalue weighted by Crippen LogP contribution is -2.49. The van der Waals surface area contributed by atoms with Gasteiger partial charge in [0.25, 0.3) is 0 Å². The van der Waals surface area contributed by atoms with E-state index in [0.29, 0.717) is 19.7 Å². The minimum Gasteiger partial charge on any atom is -0.450 e. The Labute approximate surface area is 119 Å². The summed E-state index contributed by atoms with van der Waals surface area (Å²) in [5.41, 5.74) is 2.04. The number of anilines is 1. The number of carbonyl (C=O) groups excluding carboxylic acids is 1. The van der Waals surface area contributed by atoms with Gasteiger partial charge in [0.05, 0.1) is 12.7 Å². The van der Waals surface area contributed by atoms with E-state index in [-0.39, 0.29) is 6.09 Å². The Hall–Kier alpha value is -1.75. The molecule has 1 saturated heterocycles. The molecule has 0 aromatic heterocycles. The monoisotopic (exact) mass is 278 g/mol. The summed E-state index contributed by atoms with van der Waals surface area (Å²) in [6.07, 6.45) is -0.665. The Bertz CT molecular complexity index is 437. The first-order chi connectivity index (χ1) is 9.61. The standard InChI is InChI=1S/C15H22N2O3/c1-3-20-15(19)17-10-8-16(9-11-17)14-6-4-13(5-7-14)12(2)18/h4-7,12,18H,3,8-11H2,1-2H3. The smallest absolute Gasteiger partial charge is 0.409 e. The van der Waals surface area contributed by atoms with Crippen molar-refractivity contribution in [1.82, 2.24) is 4.90 Å². The zero-order chi connectivity index (χ0) is 14.5. The van der Waals surface area contributed by atoms with Crippen LogP contribution in [0, 0.1) is 0 Å². The lowest BCUT2D eigenvalue weighted by atomic mass is 10.1. The van der Waals surface area contributed by atoms with Gasteiger partial charge in [-0.2, -0.15) is 0 Å². The van der Waals surface area contributed by atoms with Crippen LogP contribution in [0.4, 0.5) is 10.5 Å². The lowest BCUT2D eigenvalue weighted by Gasteiger charge is -2.35. The minimum absolute atomic E-state index is 0.225. The molecule has 2 rings (SSSR count). The third kappa shape index (κ3) is 3.42. The molecule has 1 atom stereocenters. The topological polar surface area (TPSA) is 53.0 Å². The van der Waals surface area contributed by atoms with Crippen LogP contribution in [-0.2, 0) is 4.74 Å². The van der Waals surface area contributed by atoms with Crippen molar-refractivity contribution in [2.75, 3.05) is 37.7 Å². The molecule has 1 aliphatic heterocycles. The highest BCUT2D eigenvalue weighted by atomic mass is 16.6. The van der Waals surface area contributed by atoms with Crippen LogP contribution in [0.25, 0.3) is 0 Å². The van der Waals surface area contributed by atoms with Gasteiger partial charge in [-0.05, 0) is 31.5 Å². The molecule has 1 heterocycles. The van der Waals surface area contributed by atoms with Crippen LogP contribution in [0.5, 0.6) is 0 Å². The van der Waals surface area contributed by atoms with Crippen molar-refractivity contribution in [1.29, 1.82) is 0 Å². The van der Waals surface area contributed by atoms with Gasteiger partial charge < -0.3 is 19.6 Å².